The van der Waals surface area contributed by atoms with Gasteiger partial charge in [0.05, 0.1) is 0 Å². The summed E-state index contributed by atoms with van der Waals surface area (Å²) in [6, 6.07) is 5.62. The van der Waals surface area contributed by atoms with Crippen molar-refractivity contribution in [3.63, 3.8) is 0 Å². The zero-order valence-corrected chi connectivity index (χ0v) is 11.2. The maximum absolute atomic E-state index is 11.7. The van der Waals surface area contributed by atoms with Crippen LogP contribution < -0.4 is 10.6 Å². The molecule has 0 aliphatic carbocycles. The van der Waals surface area contributed by atoms with Gasteiger partial charge in [-0.25, -0.2) is 0 Å². The van der Waals surface area contributed by atoms with E-state index in [1.54, 1.807) is 12.4 Å². The van der Waals surface area contributed by atoms with E-state index in [0.717, 1.165) is 5.56 Å². The first kappa shape index (κ1) is 14.7. The predicted octanol–water partition coefficient (Wildman–Crippen LogP) is 1.35. The first-order valence-electron chi connectivity index (χ1n) is 6.14. The number of carbonyl (C=O) groups excluding carboxylic acids is 1. The van der Waals surface area contributed by atoms with Crippen molar-refractivity contribution in [3.05, 3.63) is 41.9 Å². The minimum Gasteiger partial charge on any atom is -0.386 e. The Labute approximate surface area is 113 Å². The Morgan fingerprint density at radius 1 is 1.47 bits per heavy atom. The molecule has 0 saturated heterocycles. The minimum atomic E-state index is -0.349. The summed E-state index contributed by atoms with van der Waals surface area (Å²) >= 11 is 0. The van der Waals surface area contributed by atoms with Gasteiger partial charge in [-0.3, -0.25) is 9.78 Å². The van der Waals surface area contributed by atoms with E-state index < -0.39 is 0 Å². The van der Waals surface area contributed by atoms with Crippen LogP contribution in [-0.4, -0.2) is 17.4 Å². The average molecular weight is 258 g/mol. The van der Waals surface area contributed by atoms with Crippen molar-refractivity contribution in [2.45, 2.75) is 20.4 Å². The van der Waals surface area contributed by atoms with Gasteiger partial charge in [-0.2, -0.15) is 5.26 Å². The molecule has 0 atom stereocenters. The van der Waals surface area contributed by atoms with Gasteiger partial charge >= 0.3 is 0 Å². The number of nitrogens with zero attached hydrogens (tertiary/aromatic N) is 2. The van der Waals surface area contributed by atoms with Crippen LogP contribution in [0.25, 0.3) is 0 Å². The lowest BCUT2D eigenvalue weighted by Crippen LogP contribution is -2.29. The molecule has 1 amide bonds. The SMILES string of the molecule is CC(C)CNC(=O)/C(C#N)=C\NCc1ccncc1. The second-order valence-electron chi connectivity index (χ2n) is 4.51. The molecule has 0 saturated carbocycles. The summed E-state index contributed by atoms with van der Waals surface area (Å²) in [5, 5.41) is 14.6. The zero-order valence-electron chi connectivity index (χ0n) is 11.2. The molecule has 2 N–H and O–H groups in total. The fourth-order valence-corrected chi connectivity index (χ4v) is 1.31. The maximum Gasteiger partial charge on any atom is 0.263 e. The summed E-state index contributed by atoms with van der Waals surface area (Å²) in [5.41, 5.74) is 1.11. The number of carbonyl (C=O) groups is 1. The van der Waals surface area contributed by atoms with E-state index in [1.165, 1.54) is 6.20 Å². The lowest BCUT2D eigenvalue weighted by molar-refractivity contribution is -0.117. The molecule has 19 heavy (non-hydrogen) atoms. The van der Waals surface area contributed by atoms with E-state index in [4.69, 9.17) is 5.26 Å². The van der Waals surface area contributed by atoms with Gasteiger partial charge in [0.2, 0.25) is 0 Å². The van der Waals surface area contributed by atoms with Crippen molar-refractivity contribution in [2.24, 2.45) is 5.92 Å². The Morgan fingerprint density at radius 3 is 2.74 bits per heavy atom. The number of rotatable bonds is 6. The van der Waals surface area contributed by atoms with Crippen molar-refractivity contribution in [2.75, 3.05) is 6.54 Å². The van der Waals surface area contributed by atoms with Crippen LogP contribution in [0.1, 0.15) is 19.4 Å². The van der Waals surface area contributed by atoms with Gasteiger partial charge in [0, 0.05) is 31.7 Å². The number of nitrogens with one attached hydrogen (secondary N) is 2. The normalized spacial score (nSPS) is 10.9. The second kappa shape index (κ2) is 7.88. The van der Waals surface area contributed by atoms with Crippen LogP contribution in [-0.2, 0) is 11.3 Å². The summed E-state index contributed by atoms with van der Waals surface area (Å²) in [6.45, 7) is 5.10. The van der Waals surface area contributed by atoms with Crippen molar-refractivity contribution >= 4 is 5.91 Å². The van der Waals surface area contributed by atoms with Crippen LogP contribution >= 0.6 is 0 Å². The van der Waals surface area contributed by atoms with Crippen LogP contribution in [0.3, 0.4) is 0 Å². The van der Waals surface area contributed by atoms with E-state index >= 15 is 0 Å². The molecule has 0 spiro atoms. The second-order valence-corrected chi connectivity index (χ2v) is 4.51. The van der Waals surface area contributed by atoms with Crippen molar-refractivity contribution in [1.29, 1.82) is 5.26 Å². The molecule has 1 heterocycles. The predicted molar refractivity (Wildman–Crippen MR) is 72.6 cm³/mol. The maximum atomic E-state index is 11.7. The lowest BCUT2D eigenvalue weighted by Gasteiger charge is -2.07. The first-order chi connectivity index (χ1) is 9.13. The first-order valence-corrected chi connectivity index (χ1v) is 6.14. The highest BCUT2D eigenvalue weighted by atomic mass is 16.1. The van der Waals surface area contributed by atoms with Crippen LogP contribution in [0.2, 0.25) is 0 Å². The molecule has 0 aliphatic rings. The molecular formula is C14H18N4O. The number of aromatic nitrogens is 1. The molecule has 1 rings (SSSR count). The third-order valence-corrected chi connectivity index (χ3v) is 2.34. The van der Waals surface area contributed by atoms with Crippen LogP contribution in [0, 0.1) is 17.2 Å². The van der Waals surface area contributed by atoms with Crippen LogP contribution in [0.5, 0.6) is 0 Å². The lowest BCUT2D eigenvalue weighted by atomic mass is 10.2. The summed E-state index contributed by atoms with van der Waals surface area (Å²) in [4.78, 5) is 15.6. The highest BCUT2D eigenvalue weighted by Gasteiger charge is 2.08. The molecule has 0 fully saturated rings. The Bertz CT molecular complexity index is 474. The summed E-state index contributed by atoms with van der Waals surface area (Å²) in [6.07, 6.45) is 4.83. The summed E-state index contributed by atoms with van der Waals surface area (Å²) in [5.74, 6) is 0.00657. The zero-order chi connectivity index (χ0) is 14.1. The van der Waals surface area contributed by atoms with Crippen molar-refractivity contribution in [1.82, 2.24) is 15.6 Å². The number of hydrogen-bond donors (Lipinski definition) is 2. The fraction of sp³-hybridized carbons (Fsp3) is 0.357. The third-order valence-electron chi connectivity index (χ3n) is 2.34. The number of amides is 1. The topological polar surface area (TPSA) is 77.8 Å². The Hall–Kier alpha value is -2.35. The molecule has 5 heteroatoms. The van der Waals surface area contributed by atoms with Crippen molar-refractivity contribution < 1.29 is 4.79 Å². The van der Waals surface area contributed by atoms with Crippen LogP contribution in [0.15, 0.2) is 36.3 Å². The van der Waals surface area contributed by atoms with Gasteiger partial charge < -0.3 is 10.6 Å². The monoisotopic (exact) mass is 258 g/mol. The molecule has 0 aromatic carbocycles. The summed E-state index contributed by atoms with van der Waals surface area (Å²) < 4.78 is 0. The molecule has 1 aromatic rings. The van der Waals surface area contributed by atoms with Gasteiger partial charge in [-0.1, -0.05) is 13.8 Å². The van der Waals surface area contributed by atoms with Gasteiger partial charge in [0.25, 0.3) is 5.91 Å². The number of nitriles is 1. The average Bonchev–Trinajstić information content (AvgIpc) is 2.42. The Morgan fingerprint density at radius 2 is 2.16 bits per heavy atom. The van der Waals surface area contributed by atoms with E-state index in [0.29, 0.717) is 19.0 Å². The largest absolute Gasteiger partial charge is 0.386 e. The standard InChI is InChI=1S/C14H18N4O/c1-11(2)8-18-14(19)13(7-15)10-17-9-12-3-5-16-6-4-12/h3-6,10-11,17H,8-9H2,1-2H3,(H,18,19)/b13-10-. The van der Waals surface area contributed by atoms with E-state index in [1.807, 2.05) is 32.0 Å². The van der Waals surface area contributed by atoms with E-state index in [9.17, 15) is 4.79 Å². The fourth-order valence-electron chi connectivity index (χ4n) is 1.31. The molecule has 0 aliphatic heterocycles. The molecule has 0 bridgehead atoms. The highest BCUT2D eigenvalue weighted by molar-refractivity contribution is 5.97. The van der Waals surface area contributed by atoms with Gasteiger partial charge in [-0.15, -0.1) is 0 Å². The molecule has 1 aromatic heterocycles. The number of pyridine rings is 1. The van der Waals surface area contributed by atoms with Crippen LogP contribution in [0.4, 0.5) is 0 Å². The smallest absolute Gasteiger partial charge is 0.263 e. The Balaban J connectivity index is 2.48. The quantitative estimate of drug-likeness (QED) is 0.596. The van der Waals surface area contributed by atoms with Crippen molar-refractivity contribution in [3.8, 4) is 6.07 Å². The van der Waals surface area contributed by atoms with E-state index in [2.05, 4.69) is 15.6 Å². The minimum absolute atomic E-state index is 0.0784. The molecule has 0 radical (unpaired) electrons. The highest BCUT2D eigenvalue weighted by Crippen LogP contribution is 1.97. The molecule has 5 nitrogen and oxygen atoms in total. The van der Waals surface area contributed by atoms with E-state index in [-0.39, 0.29) is 11.5 Å². The Kier molecular flexibility index (Phi) is 6.10. The van der Waals surface area contributed by atoms with Gasteiger partial charge in [0.15, 0.2) is 0 Å². The third kappa shape index (κ3) is 5.68. The number of hydrogen-bond acceptors (Lipinski definition) is 4. The summed E-state index contributed by atoms with van der Waals surface area (Å²) in [7, 11) is 0. The molecule has 0 unspecified atom stereocenters. The molecular weight excluding hydrogens is 240 g/mol. The van der Waals surface area contributed by atoms with Gasteiger partial charge in [-0.05, 0) is 23.6 Å². The molecule has 100 valence electrons. The van der Waals surface area contributed by atoms with Gasteiger partial charge in [0.1, 0.15) is 11.6 Å².